The lowest BCUT2D eigenvalue weighted by atomic mass is 10.2. The second-order valence-electron chi connectivity index (χ2n) is 7.64. The van der Waals surface area contributed by atoms with Crippen molar-refractivity contribution in [3.8, 4) is 11.5 Å². The number of nitrogens with zero attached hydrogens (tertiary/aromatic N) is 4. The van der Waals surface area contributed by atoms with E-state index in [-0.39, 0.29) is 22.5 Å². The Hall–Kier alpha value is -3.17. The van der Waals surface area contributed by atoms with Crippen LogP contribution in [-0.2, 0) is 0 Å². The van der Waals surface area contributed by atoms with Gasteiger partial charge in [0.2, 0.25) is 0 Å². The third kappa shape index (κ3) is 4.39. The summed E-state index contributed by atoms with van der Waals surface area (Å²) in [6.45, 7) is 4.07. The van der Waals surface area contributed by atoms with E-state index in [9.17, 15) is 9.18 Å². The smallest absolute Gasteiger partial charge is 0.415 e. The summed E-state index contributed by atoms with van der Waals surface area (Å²) in [7, 11) is 3.50. The fourth-order valence-electron chi connectivity index (χ4n) is 3.69. The van der Waals surface area contributed by atoms with Crippen LogP contribution in [0, 0.1) is 5.82 Å². The number of nitrogens with one attached hydrogen (secondary N) is 1. The molecule has 1 aliphatic heterocycles. The van der Waals surface area contributed by atoms with Crippen molar-refractivity contribution in [2.45, 2.75) is 13.0 Å². The minimum Gasteiger partial charge on any atom is -0.493 e. The first-order valence-corrected chi connectivity index (χ1v) is 10.5. The summed E-state index contributed by atoms with van der Waals surface area (Å²) in [5.74, 6) is 0.320. The first kappa shape index (κ1) is 22.0. The van der Waals surface area contributed by atoms with Gasteiger partial charge in [-0.25, -0.2) is 19.2 Å². The van der Waals surface area contributed by atoms with E-state index in [2.05, 4.69) is 20.2 Å². The molecule has 10 heteroatoms. The summed E-state index contributed by atoms with van der Waals surface area (Å²) in [6.07, 6.45) is 0.889. The van der Waals surface area contributed by atoms with Crippen LogP contribution < -0.4 is 14.8 Å². The van der Waals surface area contributed by atoms with Crippen molar-refractivity contribution < 1.29 is 18.7 Å². The molecule has 0 bridgehead atoms. The van der Waals surface area contributed by atoms with Crippen molar-refractivity contribution in [3.63, 3.8) is 0 Å². The van der Waals surface area contributed by atoms with Crippen LogP contribution in [0.5, 0.6) is 11.5 Å². The second-order valence-corrected chi connectivity index (χ2v) is 8.05. The van der Waals surface area contributed by atoms with E-state index in [4.69, 9.17) is 21.1 Å². The number of hydrogen-bond donors (Lipinski definition) is 1. The van der Waals surface area contributed by atoms with Crippen molar-refractivity contribution in [3.05, 3.63) is 47.5 Å². The van der Waals surface area contributed by atoms with Crippen LogP contribution in [0.4, 0.5) is 20.7 Å². The molecule has 0 radical (unpaired) electrons. The molecule has 2 aromatic carbocycles. The van der Waals surface area contributed by atoms with Crippen LogP contribution >= 0.6 is 11.6 Å². The number of halogens is 2. The Morgan fingerprint density at radius 2 is 2.06 bits per heavy atom. The molecule has 0 unspecified atom stereocenters. The normalized spacial score (nSPS) is 16.8. The molecule has 1 atom stereocenters. The molecule has 168 valence electrons. The van der Waals surface area contributed by atoms with Crippen molar-refractivity contribution in [1.82, 2.24) is 19.8 Å². The Morgan fingerprint density at radius 1 is 1.25 bits per heavy atom. The third-order valence-electron chi connectivity index (χ3n) is 5.39. The van der Waals surface area contributed by atoms with Gasteiger partial charge in [0.15, 0.2) is 17.3 Å². The number of likely N-dealkylation sites (N-methyl/N-ethyl adjacent to an activating group) is 1. The van der Waals surface area contributed by atoms with Gasteiger partial charge in [0.25, 0.3) is 0 Å². The van der Waals surface area contributed by atoms with Gasteiger partial charge in [-0.1, -0.05) is 17.7 Å². The quantitative estimate of drug-likeness (QED) is 0.622. The highest BCUT2D eigenvalue weighted by Gasteiger charge is 2.28. The molecule has 0 saturated carbocycles. The summed E-state index contributed by atoms with van der Waals surface area (Å²) in [4.78, 5) is 25.2. The van der Waals surface area contributed by atoms with Crippen LogP contribution in [0.15, 0.2) is 36.7 Å². The van der Waals surface area contributed by atoms with Crippen molar-refractivity contribution >= 4 is 40.1 Å². The fourth-order valence-corrected chi connectivity index (χ4v) is 3.87. The van der Waals surface area contributed by atoms with Crippen LogP contribution in [0.1, 0.15) is 6.92 Å². The number of ether oxygens (including phenoxy) is 2. The van der Waals surface area contributed by atoms with Crippen LogP contribution in [0.3, 0.4) is 0 Å². The van der Waals surface area contributed by atoms with Gasteiger partial charge in [-0.3, -0.25) is 0 Å². The van der Waals surface area contributed by atoms with Gasteiger partial charge < -0.3 is 24.6 Å². The zero-order valence-electron chi connectivity index (χ0n) is 17.9. The van der Waals surface area contributed by atoms with E-state index >= 15 is 0 Å². The molecule has 4 rings (SSSR count). The van der Waals surface area contributed by atoms with Gasteiger partial charge in [-0.15, -0.1) is 0 Å². The first-order valence-electron chi connectivity index (χ1n) is 10.1. The Morgan fingerprint density at radius 3 is 2.81 bits per heavy atom. The summed E-state index contributed by atoms with van der Waals surface area (Å²) < 4.78 is 25.5. The van der Waals surface area contributed by atoms with E-state index in [1.165, 1.54) is 19.5 Å². The highest BCUT2D eigenvalue weighted by molar-refractivity contribution is 6.31. The average molecular weight is 460 g/mol. The maximum Gasteiger partial charge on any atom is 0.415 e. The maximum absolute atomic E-state index is 14.4. The fraction of sp³-hybridized carbons (Fsp3) is 0.318. The number of carbonyl (C=O) groups is 1. The maximum atomic E-state index is 14.4. The molecule has 32 heavy (non-hydrogen) atoms. The average Bonchev–Trinajstić information content (AvgIpc) is 2.76. The van der Waals surface area contributed by atoms with E-state index in [1.54, 1.807) is 29.2 Å². The third-order valence-corrected chi connectivity index (χ3v) is 5.68. The van der Waals surface area contributed by atoms with E-state index in [0.717, 1.165) is 13.1 Å². The largest absolute Gasteiger partial charge is 0.493 e. The second kappa shape index (κ2) is 9.13. The number of piperazine rings is 1. The number of hydrogen-bond acceptors (Lipinski definition) is 7. The molecule has 3 aromatic rings. The Balaban J connectivity index is 1.68. The lowest BCUT2D eigenvalue weighted by molar-refractivity contribution is 0.0886. The van der Waals surface area contributed by atoms with Gasteiger partial charge in [-0.05, 0) is 32.2 Å². The van der Waals surface area contributed by atoms with Crippen molar-refractivity contribution in [2.75, 3.05) is 39.1 Å². The zero-order chi connectivity index (χ0) is 22.8. The molecule has 1 fully saturated rings. The minimum absolute atomic E-state index is 0.00838. The molecule has 1 amide bonds. The Labute approximate surface area is 189 Å². The van der Waals surface area contributed by atoms with Gasteiger partial charge >= 0.3 is 6.09 Å². The topological polar surface area (TPSA) is 79.8 Å². The SMILES string of the molecule is COc1cc2ncnc(Nc3cccc(Cl)c3F)c2cc1OC(=O)N1CCN(C)C[C@@H]1C. The zero-order valence-corrected chi connectivity index (χ0v) is 18.7. The molecular weight excluding hydrogens is 437 g/mol. The summed E-state index contributed by atoms with van der Waals surface area (Å²) >= 11 is 5.89. The Bertz CT molecular complexity index is 1160. The van der Waals surface area contributed by atoms with Crippen molar-refractivity contribution in [1.29, 1.82) is 0 Å². The first-order chi connectivity index (χ1) is 15.4. The monoisotopic (exact) mass is 459 g/mol. The number of fused-ring (bicyclic) bond motifs is 1. The number of anilines is 2. The summed E-state index contributed by atoms with van der Waals surface area (Å²) in [6, 6.07) is 7.91. The van der Waals surface area contributed by atoms with Gasteiger partial charge in [0, 0.05) is 37.1 Å². The molecule has 2 heterocycles. The van der Waals surface area contributed by atoms with Gasteiger partial charge in [-0.2, -0.15) is 0 Å². The summed E-state index contributed by atoms with van der Waals surface area (Å²) in [5.41, 5.74) is 0.702. The number of carbonyl (C=O) groups excluding carboxylic acids is 1. The molecule has 1 N–H and O–H groups in total. The number of amides is 1. The molecule has 1 aliphatic rings. The van der Waals surface area contributed by atoms with Crippen LogP contribution in [-0.4, -0.2) is 65.7 Å². The van der Waals surface area contributed by atoms with Crippen LogP contribution in [0.2, 0.25) is 5.02 Å². The predicted molar refractivity (Wildman–Crippen MR) is 120 cm³/mol. The minimum atomic E-state index is -0.592. The molecule has 0 spiro atoms. The standard InChI is InChI=1S/C22H23ClFN5O3/c1-13-11-28(2)7-8-29(13)22(30)32-19-9-14-17(10-18(19)31-3)25-12-26-21(14)27-16-6-4-5-15(23)20(16)24/h4-6,9-10,12-13H,7-8,11H2,1-3H3,(H,25,26,27)/t13-/m0/s1. The number of rotatable bonds is 4. The van der Waals surface area contributed by atoms with Crippen LogP contribution in [0.25, 0.3) is 10.9 Å². The number of methoxy groups -OCH3 is 1. The predicted octanol–water partition coefficient (Wildman–Crippen LogP) is 4.31. The lowest BCUT2D eigenvalue weighted by Gasteiger charge is -2.37. The number of aromatic nitrogens is 2. The van der Waals surface area contributed by atoms with Gasteiger partial charge in [0.05, 0.1) is 23.3 Å². The number of benzene rings is 2. The Kier molecular flexibility index (Phi) is 6.29. The van der Waals surface area contributed by atoms with Crippen molar-refractivity contribution in [2.24, 2.45) is 0 Å². The molecular formula is C22H23ClFN5O3. The molecule has 8 nitrogen and oxygen atoms in total. The van der Waals surface area contributed by atoms with E-state index in [0.29, 0.717) is 29.0 Å². The summed E-state index contributed by atoms with van der Waals surface area (Å²) in [5, 5.41) is 3.46. The highest BCUT2D eigenvalue weighted by Crippen LogP contribution is 2.36. The highest BCUT2D eigenvalue weighted by atomic mass is 35.5. The van der Waals surface area contributed by atoms with Gasteiger partial charge in [0.1, 0.15) is 12.1 Å². The lowest BCUT2D eigenvalue weighted by Crippen LogP contribution is -2.53. The van der Waals surface area contributed by atoms with E-state index in [1.807, 2.05) is 14.0 Å². The van der Waals surface area contributed by atoms with E-state index < -0.39 is 11.9 Å². The molecule has 0 aliphatic carbocycles. The molecule has 1 aromatic heterocycles. The molecule has 1 saturated heterocycles.